The summed E-state index contributed by atoms with van der Waals surface area (Å²) in [7, 11) is 0. The fraction of sp³-hybridized carbons (Fsp3) is 0. The fourth-order valence-electron chi connectivity index (χ4n) is 0.455. The number of hydrogen-bond donors (Lipinski definition) is 3. The summed E-state index contributed by atoms with van der Waals surface area (Å²) in [5.41, 5.74) is 0. The lowest BCUT2D eigenvalue weighted by atomic mass is 10.8. The van der Waals surface area contributed by atoms with Gasteiger partial charge in [0.2, 0.25) is 0 Å². The molecule has 9 heavy (non-hydrogen) atoms. The van der Waals surface area contributed by atoms with Gasteiger partial charge in [-0.1, -0.05) is 0 Å². The SMILES string of the molecule is C1=C\N/C=C\N/C=C\N/1. The van der Waals surface area contributed by atoms with Crippen molar-refractivity contribution in [1.82, 2.24) is 16.0 Å². The minimum absolute atomic E-state index is 1.80. The van der Waals surface area contributed by atoms with Gasteiger partial charge in [-0.25, -0.2) is 0 Å². The Hall–Kier alpha value is -1.38. The monoisotopic (exact) mass is 123 g/mol. The first-order valence-electron chi connectivity index (χ1n) is 2.73. The van der Waals surface area contributed by atoms with Crippen LogP contribution in [-0.2, 0) is 0 Å². The van der Waals surface area contributed by atoms with Gasteiger partial charge in [0.15, 0.2) is 0 Å². The van der Waals surface area contributed by atoms with Crippen LogP contribution < -0.4 is 16.0 Å². The van der Waals surface area contributed by atoms with Crippen molar-refractivity contribution in [3.63, 3.8) is 0 Å². The molecule has 3 nitrogen and oxygen atoms in total. The summed E-state index contributed by atoms with van der Waals surface area (Å²) in [6.45, 7) is 0. The van der Waals surface area contributed by atoms with E-state index in [-0.39, 0.29) is 0 Å². The summed E-state index contributed by atoms with van der Waals surface area (Å²) in [5, 5.41) is 8.70. The average molecular weight is 123 g/mol. The Bertz CT molecular complexity index is 106. The van der Waals surface area contributed by atoms with Crippen LogP contribution in [-0.4, -0.2) is 0 Å². The van der Waals surface area contributed by atoms with Crippen molar-refractivity contribution in [2.45, 2.75) is 0 Å². The summed E-state index contributed by atoms with van der Waals surface area (Å²) < 4.78 is 0. The number of nitrogens with one attached hydrogen (secondary N) is 3. The van der Waals surface area contributed by atoms with E-state index >= 15 is 0 Å². The molecule has 0 aromatic rings. The lowest BCUT2D eigenvalue weighted by Crippen LogP contribution is -1.95. The van der Waals surface area contributed by atoms with Crippen LogP contribution in [0.3, 0.4) is 0 Å². The van der Waals surface area contributed by atoms with Crippen molar-refractivity contribution in [2.24, 2.45) is 0 Å². The maximum absolute atomic E-state index is 2.90. The minimum Gasteiger partial charge on any atom is -0.365 e. The van der Waals surface area contributed by atoms with Crippen LogP contribution in [0.4, 0.5) is 0 Å². The molecule has 0 saturated heterocycles. The van der Waals surface area contributed by atoms with E-state index < -0.39 is 0 Å². The van der Waals surface area contributed by atoms with Crippen molar-refractivity contribution in [3.05, 3.63) is 37.2 Å². The van der Waals surface area contributed by atoms with E-state index in [2.05, 4.69) is 16.0 Å². The summed E-state index contributed by atoms with van der Waals surface area (Å²) in [4.78, 5) is 0. The number of rotatable bonds is 0. The molecular weight excluding hydrogens is 114 g/mol. The maximum atomic E-state index is 2.90. The third-order valence-corrected chi connectivity index (χ3v) is 0.827. The topological polar surface area (TPSA) is 36.1 Å². The molecule has 0 aromatic heterocycles. The zero-order valence-electron chi connectivity index (χ0n) is 4.96. The third-order valence-electron chi connectivity index (χ3n) is 0.827. The lowest BCUT2D eigenvalue weighted by molar-refractivity contribution is 1.12. The highest BCUT2D eigenvalue weighted by molar-refractivity contribution is 4.95. The smallest absolute Gasteiger partial charge is 0.0167 e. The second-order valence-corrected chi connectivity index (χ2v) is 1.50. The van der Waals surface area contributed by atoms with Gasteiger partial charge in [0, 0.05) is 37.2 Å². The molecule has 0 saturated carbocycles. The molecule has 3 heteroatoms. The molecule has 0 spiro atoms. The minimum atomic E-state index is 1.80. The normalized spacial score (nSPS) is 26.7. The van der Waals surface area contributed by atoms with Crippen LogP contribution in [0.1, 0.15) is 0 Å². The average Bonchev–Trinajstić information content (AvgIpc) is 2.00. The van der Waals surface area contributed by atoms with E-state index in [0.29, 0.717) is 0 Å². The van der Waals surface area contributed by atoms with Gasteiger partial charge < -0.3 is 16.0 Å². The predicted octanol–water partition coefficient (Wildman–Crippen LogP) is 0.182. The van der Waals surface area contributed by atoms with E-state index in [1.165, 1.54) is 0 Å². The predicted molar refractivity (Wildman–Crippen MR) is 36.8 cm³/mol. The Morgan fingerprint density at radius 1 is 0.444 bits per heavy atom. The van der Waals surface area contributed by atoms with Gasteiger partial charge in [0.25, 0.3) is 0 Å². The van der Waals surface area contributed by atoms with Crippen molar-refractivity contribution >= 4 is 0 Å². The van der Waals surface area contributed by atoms with Gasteiger partial charge >= 0.3 is 0 Å². The molecule has 0 amide bonds. The number of hydrogen-bond acceptors (Lipinski definition) is 3. The zero-order valence-corrected chi connectivity index (χ0v) is 4.96. The van der Waals surface area contributed by atoms with Crippen molar-refractivity contribution < 1.29 is 0 Å². The first kappa shape index (κ1) is 5.75. The standard InChI is InChI=1S/C6H9N3/c1-2-8-5-6-9-4-3-7-1/h1-9H/b2-1-,4-3-,6-5-. The highest BCUT2D eigenvalue weighted by atomic mass is 14.9. The Balaban J connectivity index is 2.43. The molecule has 3 N–H and O–H groups in total. The molecule has 0 aromatic carbocycles. The molecule has 0 aliphatic carbocycles. The molecular formula is C6H9N3. The summed E-state index contributed by atoms with van der Waals surface area (Å²) in [5.74, 6) is 0. The summed E-state index contributed by atoms with van der Waals surface area (Å²) in [6.07, 6.45) is 10.8. The molecule has 1 heterocycles. The van der Waals surface area contributed by atoms with Crippen molar-refractivity contribution in [2.75, 3.05) is 0 Å². The van der Waals surface area contributed by atoms with Gasteiger partial charge in [0.05, 0.1) is 0 Å². The molecule has 0 radical (unpaired) electrons. The zero-order chi connectivity index (χ0) is 6.36. The van der Waals surface area contributed by atoms with Crippen LogP contribution in [0.2, 0.25) is 0 Å². The Kier molecular flexibility index (Phi) is 2.30. The molecule has 0 bridgehead atoms. The summed E-state index contributed by atoms with van der Waals surface area (Å²) in [6, 6.07) is 0. The molecule has 1 aliphatic rings. The molecule has 0 atom stereocenters. The van der Waals surface area contributed by atoms with Crippen LogP contribution in [0.5, 0.6) is 0 Å². The highest BCUT2D eigenvalue weighted by Crippen LogP contribution is 1.70. The van der Waals surface area contributed by atoms with Crippen LogP contribution in [0, 0.1) is 0 Å². The van der Waals surface area contributed by atoms with Gasteiger partial charge in [0.1, 0.15) is 0 Å². The van der Waals surface area contributed by atoms with E-state index in [1.807, 2.05) is 0 Å². The molecule has 1 rings (SSSR count). The maximum Gasteiger partial charge on any atom is 0.0167 e. The Morgan fingerprint density at radius 2 is 0.667 bits per heavy atom. The second kappa shape index (κ2) is 3.60. The van der Waals surface area contributed by atoms with E-state index in [9.17, 15) is 0 Å². The van der Waals surface area contributed by atoms with Gasteiger partial charge in [-0.05, 0) is 0 Å². The first-order valence-corrected chi connectivity index (χ1v) is 2.73. The van der Waals surface area contributed by atoms with E-state index in [1.54, 1.807) is 37.2 Å². The summed E-state index contributed by atoms with van der Waals surface area (Å²) >= 11 is 0. The van der Waals surface area contributed by atoms with Gasteiger partial charge in [-0.15, -0.1) is 0 Å². The lowest BCUT2D eigenvalue weighted by Gasteiger charge is -1.85. The van der Waals surface area contributed by atoms with Gasteiger partial charge in [-0.3, -0.25) is 0 Å². The first-order chi connectivity index (χ1) is 4.50. The molecule has 1 aliphatic heterocycles. The quantitative estimate of drug-likeness (QED) is 0.430. The van der Waals surface area contributed by atoms with E-state index in [4.69, 9.17) is 0 Å². The van der Waals surface area contributed by atoms with E-state index in [0.717, 1.165) is 0 Å². The van der Waals surface area contributed by atoms with Crippen LogP contribution >= 0.6 is 0 Å². The third kappa shape index (κ3) is 2.43. The second-order valence-electron chi connectivity index (χ2n) is 1.50. The van der Waals surface area contributed by atoms with Crippen LogP contribution in [0.25, 0.3) is 0 Å². The van der Waals surface area contributed by atoms with Gasteiger partial charge in [-0.2, -0.15) is 0 Å². The van der Waals surface area contributed by atoms with Crippen LogP contribution in [0.15, 0.2) is 37.2 Å². The Labute approximate surface area is 54.1 Å². The molecule has 48 valence electrons. The molecule has 0 unspecified atom stereocenters. The highest BCUT2D eigenvalue weighted by Gasteiger charge is 1.70. The van der Waals surface area contributed by atoms with Crippen molar-refractivity contribution in [3.8, 4) is 0 Å². The van der Waals surface area contributed by atoms with Crippen molar-refractivity contribution in [1.29, 1.82) is 0 Å². The fourth-order valence-corrected chi connectivity index (χ4v) is 0.455. The Morgan fingerprint density at radius 3 is 0.889 bits per heavy atom. The molecule has 0 fully saturated rings. The largest absolute Gasteiger partial charge is 0.365 e.